The second kappa shape index (κ2) is 8.64. The maximum Gasteiger partial charge on any atom is 0.226 e. The molecule has 0 radical (unpaired) electrons. The van der Waals surface area contributed by atoms with E-state index in [2.05, 4.69) is 15.1 Å². The highest BCUT2D eigenvalue weighted by atomic mass is 19.1. The molecule has 2 aromatic carbocycles. The van der Waals surface area contributed by atoms with Gasteiger partial charge >= 0.3 is 0 Å². The minimum atomic E-state index is -0.300. The lowest BCUT2D eigenvalue weighted by Gasteiger charge is -2.24. The van der Waals surface area contributed by atoms with Gasteiger partial charge in [-0.2, -0.15) is 4.98 Å². The van der Waals surface area contributed by atoms with Crippen LogP contribution in [0.4, 0.5) is 10.1 Å². The molecule has 9 nitrogen and oxygen atoms in total. The van der Waals surface area contributed by atoms with Gasteiger partial charge in [-0.05, 0) is 29.8 Å². The van der Waals surface area contributed by atoms with Gasteiger partial charge < -0.3 is 15.0 Å². The third-order valence-corrected chi connectivity index (χ3v) is 5.85. The number of aromatic nitrogens is 4. The molecule has 0 aliphatic carbocycles. The molecule has 34 heavy (non-hydrogen) atoms. The number of rotatable bonds is 5. The predicted molar refractivity (Wildman–Crippen MR) is 124 cm³/mol. The van der Waals surface area contributed by atoms with Crippen molar-refractivity contribution in [3.05, 3.63) is 83.2 Å². The molecule has 0 unspecified atom stereocenters. The van der Waals surface area contributed by atoms with Crippen molar-refractivity contribution in [2.45, 2.75) is 26.2 Å². The Bertz CT molecular complexity index is 1370. The number of imidazole rings is 1. The van der Waals surface area contributed by atoms with Crippen LogP contribution in [-0.4, -0.2) is 26.8 Å². The van der Waals surface area contributed by atoms with Crippen LogP contribution in [-0.2, 0) is 19.3 Å². The summed E-state index contributed by atoms with van der Waals surface area (Å²) in [5, 5.41) is 5.68. The first-order valence-electron chi connectivity index (χ1n) is 10.8. The lowest BCUT2D eigenvalue weighted by molar-refractivity contribution is 0.382. The molecule has 3 heterocycles. The fourth-order valence-corrected chi connectivity index (χ4v) is 4.04. The van der Waals surface area contributed by atoms with E-state index < -0.39 is 0 Å². The molecule has 0 bridgehead atoms. The summed E-state index contributed by atoms with van der Waals surface area (Å²) in [7, 11) is 1.60. The first-order chi connectivity index (χ1) is 16.5. The topological polar surface area (TPSA) is 121 Å². The SMILES string of the molecule is CCc1nc(-c2ncn3c2C/C(=C(/N)Cc2ccc(F)cc2)N(N)c2cc(OC)ccc2-3)no1. The van der Waals surface area contributed by atoms with Crippen molar-refractivity contribution >= 4 is 5.69 Å². The second-order valence-corrected chi connectivity index (χ2v) is 7.95. The Hall–Kier alpha value is -4.18. The van der Waals surface area contributed by atoms with E-state index in [-0.39, 0.29) is 5.82 Å². The standard InChI is InChI=1S/C24H24FN7O2/c1-3-22-29-24(30-34-22)23-21-12-19(17(26)10-14-4-6-15(25)7-5-14)32(27)20-11-16(33-2)8-9-18(20)31(21)13-28-23/h4-9,11,13H,3,10,12,26-27H2,1-2H3/b19-17-. The van der Waals surface area contributed by atoms with Crippen molar-refractivity contribution in [1.82, 2.24) is 19.7 Å². The lowest BCUT2D eigenvalue weighted by Crippen LogP contribution is -2.33. The minimum Gasteiger partial charge on any atom is -0.497 e. The van der Waals surface area contributed by atoms with Crippen molar-refractivity contribution < 1.29 is 13.7 Å². The number of methoxy groups -OCH3 is 1. The molecule has 0 spiro atoms. The van der Waals surface area contributed by atoms with Crippen molar-refractivity contribution in [1.29, 1.82) is 0 Å². The van der Waals surface area contributed by atoms with Crippen LogP contribution >= 0.6 is 0 Å². The summed E-state index contributed by atoms with van der Waals surface area (Å²) >= 11 is 0. The smallest absolute Gasteiger partial charge is 0.226 e. The monoisotopic (exact) mass is 461 g/mol. The van der Waals surface area contributed by atoms with Gasteiger partial charge in [0.2, 0.25) is 11.7 Å². The largest absolute Gasteiger partial charge is 0.497 e. The second-order valence-electron chi connectivity index (χ2n) is 7.95. The van der Waals surface area contributed by atoms with Crippen molar-refractivity contribution in [3.8, 4) is 23.0 Å². The zero-order valence-electron chi connectivity index (χ0n) is 18.8. The molecule has 1 aliphatic rings. The van der Waals surface area contributed by atoms with Crippen LogP contribution in [0.3, 0.4) is 0 Å². The van der Waals surface area contributed by atoms with Gasteiger partial charge in [-0.25, -0.2) is 15.2 Å². The number of nitrogens with zero attached hydrogens (tertiary/aromatic N) is 5. The number of benzene rings is 2. The maximum atomic E-state index is 13.4. The molecule has 1 aliphatic heterocycles. The Balaban J connectivity index is 1.67. The summed E-state index contributed by atoms with van der Waals surface area (Å²) in [6, 6.07) is 11.9. The fourth-order valence-electron chi connectivity index (χ4n) is 4.04. The fraction of sp³-hybridized carbons (Fsp3) is 0.208. The highest BCUT2D eigenvalue weighted by Gasteiger charge is 2.28. The van der Waals surface area contributed by atoms with Crippen molar-refractivity contribution in [2.24, 2.45) is 11.6 Å². The first kappa shape index (κ1) is 21.7. The number of allylic oxidation sites excluding steroid dienone is 2. The molecular weight excluding hydrogens is 437 g/mol. The Labute approximate surface area is 195 Å². The Morgan fingerprint density at radius 3 is 2.68 bits per heavy atom. The average molecular weight is 462 g/mol. The third-order valence-electron chi connectivity index (χ3n) is 5.85. The summed E-state index contributed by atoms with van der Waals surface area (Å²) in [4.78, 5) is 9.05. The van der Waals surface area contributed by atoms with Gasteiger partial charge in [-0.15, -0.1) is 0 Å². The van der Waals surface area contributed by atoms with Crippen LogP contribution in [0.2, 0.25) is 0 Å². The molecule has 2 aromatic heterocycles. The number of ether oxygens (including phenoxy) is 1. The van der Waals surface area contributed by atoms with E-state index in [1.165, 1.54) is 12.1 Å². The maximum absolute atomic E-state index is 13.4. The molecule has 174 valence electrons. The minimum absolute atomic E-state index is 0.300. The number of halogens is 1. The number of anilines is 1. The zero-order valence-corrected chi connectivity index (χ0v) is 18.8. The molecule has 0 saturated heterocycles. The van der Waals surface area contributed by atoms with Crippen LogP contribution in [0.5, 0.6) is 5.75 Å². The van der Waals surface area contributed by atoms with Crippen LogP contribution in [0.1, 0.15) is 24.1 Å². The van der Waals surface area contributed by atoms with Gasteiger partial charge in [-0.3, -0.25) is 9.58 Å². The Kier molecular flexibility index (Phi) is 5.50. The molecular formula is C24H24FN7O2. The van der Waals surface area contributed by atoms with Crippen molar-refractivity contribution in [2.75, 3.05) is 12.1 Å². The molecule has 10 heteroatoms. The number of hydrogen-bond donors (Lipinski definition) is 2. The van der Waals surface area contributed by atoms with Gasteiger partial charge in [0.1, 0.15) is 23.6 Å². The van der Waals surface area contributed by atoms with E-state index in [9.17, 15) is 4.39 Å². The Morgan fingerprint density at radius 1 is 1.18 bits per heavy atom. The summed E-state index contributed by atoms with van der Waals surface area (Å²) in [6.07, 6.45) is 3.10. The summed E-state index contributed by atoms with van der Waals surface area (Å²) in [5.41, 5.74) is 11.6. The number of aryl methyl sites for hydroxylation is 1. The quantitative estimate of drug-likeness (QED) is 0.434. The van der Waals surface area contributed by atoms with E-state index in [1.54, 1.807) is 30.6 Å². The van der Waals surface area contributed by atoms with Gasteiger partial charge in [0.05, 0.1) is 29.9 Å². The van der Waals surface area contributed by atoms with E-state index >= 15 is 0 Å². The van der Waals surface area contributed by atoms with Gasteiger partial charge in [0, 0.05) is 31.0 Å². The lowest BCUT2D eigenvalue weighted by atomic mass is 10.1. The number of hydrogen-bond acceptors (Lipinski definition) is 8. The zero-order chi connectivity index (χ0) is 23.8. The number of nitrogens with two attached hydrogens (primary N) is 2. The van der Waals surface area contributed by atoms with Gasteiger partial charge in [0.25, 0.3) is 0 Å². The van der Waals surface area contributed by atoms with Gasteiger partial charge in [-0.1, -0.05) is 24.2 Å². The van der Waals surface area contributed by atoms with Crippen LogP contribution in [0, 0.1) is 5.82 Å². The normalized spacial score (nSPS) is 14.4. The molecule has 4 N–H and O–H groups in total. The summed E-state index contributed by atoms with van der Waals surface area (Å²) < 4.78 is 26.1. The van der Waals surface area contributed by atoms with Crippen LogP contribution in [0.15, 0.2) is 64.7 Å². The van der Waals surface area contributed by atoms with E-state index in [4.69, 9.17) is 20.8 Å². The van der Waals surface area contributed by atoms with E-state index in [1.807, 2.05) is 29.7 Å². The Morgan fingerprint density at radius 2 is 1.97 bits per heavy atom. The van der Waals surface area contributed by atoms with Crippen molar-refractivity contribution in [3.63, 3.8) is 0 Å². The van der Waals surface area contributed by atoms with E-state index in [0.717, 1.165) is 16.9 Å². The molecule has 4 aromatic rings. The molecule has 0 saturated carbocycles. The van der Waals surface area contributed by atoms with Crippen LogP contribution in [0.25, 0.3) is 17.2 Å². The first-order valence-corrected chi connectivity index (χ1v) is 10.8. The highest BCUT2D eigenvalue weighted by molar-refractivity contribution is 5.71. The molecule has 0 amide bonds. The molecule has 0 fully saturated rings. The predicted octanol–water partition coefficient (Wildman–Crippen LogP) is 3.28. The highest BCUT2D eigenvalue weighted by Crippen LogP contribution is 2.37. The molecule has 5 rings (SSSR count). The van der Waals surface area contributed by atoms with E-state index in [0.29, 0.717) is 59.5 Å². The number of hydrazine groups is 1. The summed E-state index contributed by atoms with van der Waals surface area (Å²) in [5.74, 6) is 7.93. The summed E-state index contributed by atoms with van der Waals surface area (Å²) in [6.45, 7) is 1.94. The third kappa shape index (κ3) is 3.77. The van der Waals surface area contributed by atoms with Crippen LogP contribution < -0.4 is 21.3 Å². The van der Waals surface area contributed by atoms with Gasteiger partial charge in [0.15, 0.2) is 0 Å². The number of fused-ring (bicyclic) bond motifs is 3. The molecule has 0 atom stereocenters. The average Bonchev–Trinajstić information content (AvgIpc) is 3.47.